The van der Waals surface area contributed by atoms with Crippen molar-refractivity contribution in [2.24, 2.45) is 5.92 Å². The topological polar surface area (TPSA) is 52.2 Å². The highest BCUT2D eigenvalue weighted by atomic mass is 32.1. The Bertz CT molecular complexity index is 734. The predicted octanol–water partition coefficient (Wildman–Crippen LogP) is 3.11. The van der Waals surface area contributed by atoms with E-state index >= 15 is 0 Å². The molecule has 6 heteroatoms. The first kappa shape index (κ1) is 18.1. The molecule has 0 aromatic carbocycles. The standard InChI is InChI=1S/C19H28N4OS/c1-13-5-6-17-15(9-13)10-18(25-17)19(24)23(8-7-22(3)4)11-16-14(2)20-12-21-16/h10,12-13H,5-9,11H2,1-4H3,(H,20,21). The van der Waals surface area contributed by atoms with Gasteiger partial charge in [-0.05, 0) is 57.8 Å². The van der Waals surface area contributed by atoms with E-state index in [-0.39, 0.29) is 5.91 Å². The van der Waals surface area contributed by atoms with Crippen LogP contribution in [0.15, 0.2) is 12.4 Å². The number of amides is 1. The molecule has 1 amide bonds. The van der Waals surface area contributed by atoms with Gasteiger partial charge in [0, 0.05) is 23.7 Å². The molecular formula is C19H28N4OS. The molecule has 1 N–H and O–H groups in total. The first-order valence-corrected chi connectivity index (χ1v) is 9.80. The van der Waals surface area contributed by atoms with E-state index in [2.05, 4.69) is 27.9 Å². The Morgan fingerprint density at radius 1 is 1.40 bits per heavy atom. The van der Waals surface area contributed by atoms with E-state index in [9.17, 15) is 4.79 Å². The van der Waals surface area contributed by atoms with Crippen LogP contribution in [-0.2, 0) is 19.4 Å². The molecule has 3 rings (SSSR count). The zero-order valence-electron chi connectivity index (χ0n) is 15.6. The number of imidazole rings is 1. The number of rotatable bonds is 6. The van der Waals surface area contributed by atoms with Crippen LogP contribution in [0.5, 0.6) is 0 Å². The first-order chi connectivity index (χ1) is 11.9. The predicted molar refractivity (Wildman–Crippen MR) is 102 cm³/mol. The van der Waals surface area contributed by atoms with E-state index in [0.717, 1.165) is 41.6 Å². The molecule has 0 spiro atoms. The number of aryl methyl sites for hydroxylation is 2. The number of aromatic nitrogens is 2. The second kappa shape index (κ2) is 7.70. The molecule has 2 aromatic rings. The van der Waals surface area contributed by atoms with Gasteiger partial charge in [-0.2, -0.15) is 0 Å². The number of hydrogen-bond donors (Lipinski definition) is 1. The van der Waals surface area contributed by atoms with Crippen molar-refractivity contribution in [3.8, 4) is 0 Å². The van der Waals surface area contributed by atoms with Crippen molar-refractivity contribution < 1.29 is 4.79 Å². The summed E-state index contributed by atoms with van der Waals surface area (Å²) in [6.45, 7) is 6.41. The van der Waals surface area contributed by atoms with Crippen molar-refractivity contribution in [3.05, 3.63) is 39.1 Å². The Hall–Kier alpha value is -1.66. The maximum atomic E-state index is 13.2. The summed E-state index contributed by atoms with van der Waals surface area (Å²) in [7, 11) is 4.07. The van der Waals surface area contributed by atoms with Gasteiger partial charge in [0.15, 0.2) is 0 Å². The van der Waals surface area contributed by atoms with Crippen molar-refractivity contribution in [1.82, 2.24) is 19.8 Å². The van der Waals surface area contributed by atoms with Crippen molar-refractivity contribution in [2.75, 3.05) is 27.2 Å². The number of H-pyrrole nitrogens is 1. The Morgan fingerprint density at radius 2 is 2.20 bits per heavy atom. The normalized spacial score (nSPS) is 16.9. The van der Waals surface area contributed by atoms with E-state index in [1.54, 1.807) is 17.7 Å². The van der Waals surface area contributed by atoms with Gasteiger partial charge in [-0.15, -0.1) is 11.3 Å². The highest BCUT2D eigenvalue weighted by molar-refractivity contribution is 7.14. The maximum absolute atomic E-state index is 13.2. The fourth-order valence-electron chi connectivity index (χ4n) is 3.27. The third kappa shape index (κ3) is 4.30. The molecule has 25 heavy (non-hydrogen) atoms. The monoisotopic (exact) mass is 360 g/mol. The van der Waals surface area contributed by atoms with E-state index < -0.39 is 0 Å². The van der Waals surface area contributed by atoms with Gasteiger partial charge in [0.25, 0.3) is 5.91 Å². The van der Waals surface area contributed by atoms with Crippen LogP contribution in [0.25, 0.3) is 0 Å². The van der Waals surface area contributed by atoms with Crippen LogP contribution >= 0.6 is 11.3 Å². The van der Waals surface area contributed by atoms with Crippen LogP contribution < -0.4 is 0 Å². The van der Waals surface area contributed by atoms with Gasteiger partial charge in [0.1, 0.15) is 0 Å². The van der Waals surface area contributed by atoms with Crippen LogP contribution in [0.4, 0.5) is 0 Å². The molecule has 1 aliphatic rings. The molecule has 0 saturated heterocycles. The Morgan fingerprint density at radius 3 is 2.88 bits per heavy atom. The lowest BCUT2D eigenvalue weighted by atomic mass is 9.90. The SMILES string of the molecule is Cc1[nH]cnc1CN(CCN(C)C)C(=O)c1cc2c(s1)CCC(C)C2. The summed E-state index contributed by atoms with van der Waals surface area (Å²) in [5.41, 5.74) is 3.36. The fraction of sp³-hybridized carbons (Fsp3) is 0.579. The molecule has 0 bridgehead atoms. The van der Waals surface area contributed by atoms with Gasteiger partial charge in [-0.25, -0.2) is 4.98 Å². The van der Waals surface area contributed by atoms with E-state index in [1.165, 1.54) is 16.9 Å². The quantitative estimate of drug-likeness (QED) is 0.861. The maximum Gasteiger partial charge on any atom is 0.264 e. The number of carbonyl (C=O) groups excluding carboxylic acids is 1. The summed E-state index contributed by atoms with van der Waals surface area (Å²) in [6, 6.07) is 2.14. The number of aromatic amines is 1. The van der Waals surface area contributed by atoms with Gasteiger partial charge < -0.3 is 14.8 Å². The van der Waals surface area contributed by atoms with Gasteiger partial charge in [0.2, 0.25) is 0 Å². The molecule has 0 saturated carbocycles. The molecule has 136 valence electrons. The smallest absolute Gasteiger partial charge is 0.264 e. The molecule has 0 radical (unpaired) electrons. The highest BCUT2D eigenvalue weighted by Crippen LogP contribution is 2.32. The van der Waals surface area contributed by atoms with Gasteiger partial charge in [-0.3, -0.25) is 4.79 Å². The van der Waals surface area contributed by atoms with Crippen LogP contribution in [0, 0.1) is 12.8 Å². The molecule has 0 fully saturated rings. The molecule has 1 unspecified atom stereocenters. The fourth-order valence-corrected chi connectivity index (χ4v) is 4.44. The lowest BCUT2D eigenvalue weighted by molar-refractivity contribution is 0.0734. The Kier molecular flexibility index (Phi) is 5.59. The van der Waals surface area contributed by atoms with Gasteiger partial charge >= 0.3 is 0 Å². The summed E-state index contributed by atoms with van der Waals surface area (Å²) in [5.74, 6) is 0.859. The van der Waals surface area contributed by atoms with Crippen LogP contribution in [0.2, 0.25) is 0 Å². The Balaban J connectivity index is 1.79. The largest absolute Gasteiger partial charge is 0.348 e. The summed E-state index contributed by atoms with van der Waals surface area (Å²) in [4.78, 5) is 27.0. The lowest BCUT2D eigenvalue weighted by Crippen LogP contribution is -2.36. The zero-order chi connectivity index (χ0) is 18.0. The minimum Gasteiger partial charge on any atom is -0.348 e. The lowest BCUT2D eigenvalue weighted by Gasteiger charge is -2.23. The minimum absolute atomic E-state index is 0.135. The Labute approximate surface area is 154 Å². The average Bonchev–Trinajstić information content (AvgIpc) is 3.16. The van der Waals surface area contributed by atoms with Crippen molar-refractivity contribution in [3.63, 3.8) is 0 Å². The third-order valence-corrected chi connectivity index (χ3v) is 6.14. The number of likely N-dealkylation sites (N-methyl/N-ethyl adjacent to an activating group) is 1. The highest BCUT2D eigenvalue weighted by Gasteiger charge is 2.24. The molecule has 2 aromatic heterocycles. The van der Waals surface area contributed by atoms with E-state index in [1.807, 2.05) is 25.9 Å². The zero-order valence-corrected chi connectivity index (χ0v) is 16.4. The molecular weight excluding hydrogens is 332 g/mol. The number of nitrogens with one attached hydrogen (secondary N) is 1. The second-order valence-electron chi connectivity index (χ2n) is 7.41. The second-order valence-corrected chi connectivity index (χ2v) is 8.55. The third-order valence-electron chi connectivity index (χ3n) is 4.92. The van der Waals surface area contributed by atoms with Crippen LogP contribution in [0.3, 0.4) is 0 Å². The number of hydrogen-bond acceptors (Lipinski definition) is 4. The van der Waals surface area contributed by atoms with E-state index in [4.69, 9.17) is 0 Å². The first-order valence-electron chi connectivity index (χ1n) is 8.98. The molecule has 0 aliphatic heterocycles. The molecule has 1 aliphatic carbocycles. The molecule has 1 atom stereocenters. The van der Waals surface area contributed by atoms with Gasteiger partial charge in [0.05, 0.1) is 23.4 Å². The van der Waals surface area contributed by atoms with Gasteiger partial charge in [-0.1, -0.05) is 6.92 Å². The van der Waals surface area contributed by atoms with Crippen LogP contribution in [0.1, 0.15) is 44.8 Å². The molecule has 2 heterocycles. The van der Waals surface area contributed by atoms with Crippen molar-refractivity contribution in [2.45, 2.75) is 39.7 Å². The van der Waals surface area contributed by atoms with Crippen LogP contribution in [-0.4, -0.2) is 52.9 Å². The molecule has 5 nitrogen and oxygen atoms in total. The number of nitrogens with zero attached hydrogens (tertiary/aromatic N) is 3. The summed E-state index contributed by atoms with van der Waals surface area (Å²) in [5, 5.41) is 0. The summed E-state index contributed by atoms with van der Waals surface area (Å²) < 4.78 is 0. The van der Waals surface area contributed by atoms with Crippen molar-refractivity contribution in [1.29, 1.82) is 0 Å². The minimum atomic E-state index is 0.135. The number of carbonyl (C=O) groups is 1. The summed E-state index contributed by atoms with van der Waals surface area (Å²) >= 11 is 1.69. The average molecular weight is 361 g/mol. The summed E-state index contributed by atoms with van der Waals surface area (Å²) in [6.07, 6.45) is 5.16. The van der Waals surface area contributed by atoms with E-state index in [0.29, 0.717) is 13.1 Å². The number of thiophene rings is 1. The number of fused-ring (bicyclic) bond motifs is 1. The van der Waals surface area contributed by atoms with Crippen molar-refractivity contribution >= 4 is 17.2 Å².